The standard InChI is InChI=1S/C10H17O2/c1-2-11-10-7-8-5-3-4-6-9(8)12-10/h5,8-10H,2-4,6-7H2,1H3/t8-,9-,10?/m0/s1. The van der Waals surface area contributed by atoms with E-state index in [-0.39, 0.29) is 6.29 Å². The van der Waals surface area contributed by atoms with Crippen molar-refractivity contribution in [2.75, 3.05) is 6.61 Å². The Morgan fingerprint density at radius 2 is 2.50 bits per heavy atom. The molecular weight excluding hydrogens is 152 g/mol. The normalized spacial score (nSPS) is 41.2. The highest BCUT2D eigenvalue weighted by molar-refractivity contribution is 4.92. The predicted octanol–water partition coefficient (Wildman–Crippen LogP) is 2.14. The van der Waals surface area contributed by atoms with Gasteiger partial charge in [-0.3, -0.25) is 0 Å². The van der Waals surface area contributed by atoms with Gasteiger partial charge in [-0.15, -0.1) is 0 Å². The van der Waals surface area contributed by atoms with Crippen LogP contribution in [0.4, 0.5) is 0 Å². The molecular formula is C10H17O2. The average Bonchev–Trinajstić information content (AvgIpc) is 2.47. The second-order valence-corrected chi connectivity index (χ2v) is 3.63. The molecule has 1 aliphatic heterocycles. The third-order valence-electron chi connectivity index (χ3n) is 2.78. The van der Waals surface area contributed by atoms with Gasteiger partial charge >= 0.3 is 0 Å². The smallest absolute Gasteiger partial charge is 0.158 e. The predicted molar refractivity (Wildman–Crippen MR) is 46.5 cm³/mol. The van der Waals surface area contributed by atoms with Crippen LogP contribution >= 0.6 is 0 Å². The van der Waals surface area contributed by atoms with E-state index in [0.29, 0.717) is 12.0 Å². The fourth-order valence-corrected chi connectivity index (χ4v) is 2.20. The number of ether oxygens (including phenoxy) is 2. The highest BCUT2D eigenvalue weighted by atomic mass is 16.7. The molecule has 1 radical (unpaired) electrons. The SMILES string of the molecule is CCOC1C[C@@H]2[CH]CCC[C@@H]2O1. The monoisotopic (exact) mass is 169 g/mol. The maximum Gasteiger partial charge on any atom is 0.158 e. The summed E-state index contributed by atoms with van der Waals surface area (Å²) in [6, 6.07) is 0. The van der Waals surface area contributed by atoms with Crippen molar-refractivity contribution in [1.29, 1.82) is 0 Å². The molecule has 1 heterocycles. The maximum absolute atomic E-state index is 5.75. The molecule has 0 spiro atoms. The molecule has 0 amide bonds. The lowest BCUT2D eigenvalue weighted by Crippen LogP contribution is -2.20. The van der Waals surface area contributed by atoms with Crippen molar-refractivity contribution in [3.05, 3.63) is 6.42 Å². The van der Waals surface area contributed by atoms with Gasteiger partial charge in [0.15, 0.2) is 6.29 Å². The Morgan fingerprint density at radius 1 is 1.58 bits per heavy atom. The molecule has 12 heavy (non-hydrogen) atoms. The van der Waals surface area contributed by atoms with Crippen LogP contribution in [0.25, 0.3) is 0 Å². The number of fused-ring (bicyclic) bond motifs is 1. The van der Waals surface area contributed by atoms with Gasteiger partial charge in [0.25, 0.3) is 0 Å². The fraction of sp³-hybridized carbons (Fsp3) is 0.900. The lowest BCUT2D eigenvalue weighted by molar-refractivity contribution is -0.132. The second-order valence-electron chi connectivity index (χ2n) is 3.63. The Balaban J connectivity index is 1.85. The largest absolute Gasteiger partial charge is 0.353 e. The van der Waals surface area contributed by atoms with Crippen molar-refractivity contribution in [2.24, 2.45) is 5.92 Å². The summed E-state index contributed by atoms with van der Waals surface area (Å²) in [7, 11) is 0. The Kier molecular flexibility index (Phi) is 2.66. The van der Waals surface area contributed by atoms with Crippen molar-refractivity contribution in [3.8, 4) is 0 Å². The van der Waals surface area contributed by atoms with Crippen LogP contribution in [0, 0.1) is 12.3 Å². The van der Waals surface area contributed by atoms with Crippen LogP contribution in [0.5, 0.6) is 0 Å². The van der Waals surface area contributed by atoms with Gasteiger partial charge < -0.3 is 9.47 Å². The number of hydrogen-bond acceptors (Lipinski definition) is 2. The molecule has 2 rings (SSSR count). The van der Waals surface area contributed by atoms with Crippen molar-refractivity contribution < 1.29 is 9.47 Å². The van der Waals surface area contributed by atoms with Crippen LogP contribution in [0.3, 0.4) is 0 Å². The van der Waals surface area contributed by atoms with Gasteiger partial charge in [-0.05, 0) is 32.1 Å². The summed E-state index contributed by atoms with van der Waals surface area (Å²) in [6.45, 7) is 2.79. The molecule has 0 N–H and O–H groups in total. The Hall–Kier alpha value is -0.0800. The molecule has 1 saturated carbocycles. The summed E-state index contributed by atoms with van der Waals surface area (Å²) < 4.78 is 11.2. The van der Waals surface area contributed by atoms with Crippen molar-refractivity contribution in [2.45, 2.75) is 45.0 Å². The average molecular weight is 169 g/mol. The summed E-state index contributed by atoms with van der Waals surface area (Å²) in [5, 5.41) is 0. The van der Waals surface area contributed by atoms with Gasteiger partial charge in [-0.25, -0.2) is 0 Å². The molecule has 2 fully saturated rings. The van der Waals surface area contributed by atoms with Crippen LogP contribution in [-0.4, -0.2) is 19.0 Å². The topological polar surface area (TPSA) is 18.5 Å². The first kappa shape index (κ1) is 8.52. The zero-order chi connectivity index (χ0) is 8.39. The quantitative estimate of drug-likeness (QED) is 0.630. The van der Waals surface area contributed by atoms with E-state index in [1.165, 1.54) is 19.3 Å². The summed E-state index contributed by atoms with van der Waals surface area (Å²) in [5.41, 5.74) is 0. The third kappa shape index (κ3) is 1.64. The summed E-state index contributed by atoms with van der Waals surface area (Å²) >= 11 is 0. The molecule has 2 aliphatic rings. The minimum atomic E-state index is 0.0827. The second kappa shape index (κ2) is 3.75. The molecule has 0 aromatic heterocycles. The van der Waals surface area contributed by atoms with Crippen LogP contribution in [0.2, 0.25) is 0 Å². The fourth-order valence-electron chi connectivity index (χ4n) is 2.20. The van der Waals surface area contributed by atoms with E-state index < -0.39 is 0 Å². The van der Waals surface area contributed by atoms with Crippen molar-refractivity contribution >= 4 is 0 Å². The Bertz CT molecular complexity index is 133. The highest BCUT2D eigenvalue weighted by Crippen LogP contribution is 2.36. The van der Waals surface area contributed by atoms with E-state index in [1.807, 2.05) is 6.92 Å². The first-order valence-electron chi connectivity index (χ1n) is 5.00. The Morgan fingerprint density at radius 3 is 3.25 bits per heavy atom. The molecule has 1 aliphatic carbocycles. The van der Waals surface area contributed by atoms with Crippen LogP contribution in [0.15, 0.2) is 0 Å². The molecule has 2 heteroatoms. The van der Waals surface area contributed by atoms with Gasteiger partial charge in [0, 0.05) is 13.0 Å². The molecule has 1 saturated heterocycles. The van der Waals surface area contributed by atoms with Gasteiger partial charge in [0.1, 0.15) is 0 Å². The maximum atomic E-state index is 5.75. The van der Waals surface area contributed by atoms with Gasteiger partial charge in [-0.1, -0.05) is 6.42 Å². The molecule has 0 bridgehead atoms. The summed E-state index contributed by atoms with van der Waals surface area (Å²) in [5.74, 6) is 0.676. The molecule has 0 aromatic rings. The van der Waals surface area contributed by atoms with E-state index in [4.69, 9.17) is 9.47 Å². The first-order valence-corrected chi connectivity index (χ1v) is 5.00. The molecule has 69 valence electrons. The van der Waals surface area contributed by atoms with E-state index in [2.05, 4.69) is 6.42 Å². The van der Waals surface area contributed by atoms with E-state index in [9.17, 15) is 0 Å². The lowest BCUT2D eigenvalue weighted by Gasteiger charge is -2.22. The van der Waals surface area contributed by atoms with E-state index >= 15 is 0 Å². The van der Waals surface area contributed by atoms with Crippen LogP contribution in [-0.2, 0) is 9.47 Å². The minimum Gasteiger partial charge on any atom is -0.353 e. The lowest BCUT2D eigenvalue weighted by atomic mass is 9.86. The minimum absolute atomic E-state index is 0.0827. The number of hydrogen-bond donors (Lipinski definition) is 0. The molecule has 3 atom stereocenters. The van der Waals surface area contributed by atoms with E-state index in [1.54, 1.807) is 0 Å². The zero-order valence-corrected chi connectivity index (χ0v) is 7.66. The highest BCUT2D eigenvalue weighted by Gasteiger charge is 2.36. The molecule has 2 nitrogen and oxygen atoms in total. The van der Waals surface area contributed by atoms with Crippen LogP contribution < -0.4 is 0 Å². The van der Waals surface area contributed by atoms with E-state index in [0.717, 1.165) is 13.0 Å². The van der Waals surface area contributed by atoms with Gasteiger partial charge in [0.05, 0.1) is 6.10 Å². The summed E-state index contributed by atoms with van der Waals surface area (Å²) in [6.07, 6.45) is 7.83. The Labute approximate surface area is 74.2 Å². The van der Waals surface area contributed by atoms with Crippen molar-refractivity contribution in [3.63, 3.8) is 0 Å². The van der Waals surface area contributed by atoms with Gasteiger partial charge in [0.2, 0.25) is 0 Å². The van der Waals surface area contributed by atoms with Gasteiger partial charge in [-0.2, -0.15) is 0 Å². The molecule has 0 aromatic carbocycles. The summed E-state index contributed by atoms with van der Waals surface area (Å²) in [4.78, 5) is 0. The first-order chi connectivity index (χ1) is 5.90. The van der Waals surface area contributed by atoms with Crippen LogP contribution in [0.1, 0.15) is 32.6 Å². The van der Waals surface area contributed by atoms with Crippen molar-refractivity contribution in [1.82, 2.24) is 0 Å². The molecule has 1 unspecified atom stereocenters. The number of rotatable bonds is 2. The zero-order valence-electron chi connectivity index (χ0n) is 7.66. The third-order valence-corrected chi connectivity index (χ3v) is 2.78.